The van der Waals surface area contributed by atoms with Gasteiger partial charge in [0.1, 0.15) is 5.75 Å². The van der Waals surface area contributed by atoms with Gasteiger partial charge in [-0.05, 0) is 38.0 Å². The molecule has 0 spiro atoms. The molecule has 0 saturated carbocycles. The van der Waals surface area contributed by atoms with Crippen molar-refractivity contribution in [1.82, 2.24) is 4.90 Å². The third kappa shape index (κ3) is 4.92. The van der Waals surface area contributed by atoms with Gasteiger partial charge >= 0.3 is 0 Å². The summed E-state index contributed by atoms with van der Waals surface area (Å²) in [5.74, 6) is 0.340. The van der Waals surface area contributed by atoms with Crippen molar-refractivity contribution in [3.63, 3.8) is 0 Å². The zero-order chi connectivity index (χ0) is 18.4. The molecule has 2 rings (SSSR count). The van der Waals surface area contributed by atoms with E-state index in [0.29, 0.717) is 11.3 Å². The Morgan fingerprint density at radius 2 is 1.64 bits per heavy atom. The smallest absolute Gasteiger partial charge is 0.260 e. The molecule has 2 aromatic rings. The summed E-state index contributed by atoms with van der Waals surface area (Å²) in [5, 5.41) is 0. The van der Waals surface area contributed by atoms with Crippen LogP contribution >= 0.6 is 0 Å². The van der Waals surface area contributed by atoms with Crippen LogP contribution in [0.25, 0.3) is 0 Å². The minimum Gasteiger partial charge on any atom is -0.484 e. The maximum Gasteiger partial charge on any atom is 0.260 e. The molecule has 0 radical (unpaired) electrons. The molecule has 2 aromatic carbocycles. The molecule has 25 heavy (non-hydrogen) atoms. The zero-order valence-corrected chi connectivity index (χ0v) is 15.3. The summed E-state index contributed by atoms with van der Waals surface area (Å²) < 4.78 is 5.54. The molecule has 0 aliphatic heterocycles. The number of amides is 1. The van der Waals surface area contributed by atoms with Gasteiger partial charge in [0.15, 0.2) is 12.4 Å². The molecule has 0 saturated heterocycles. The molecule has 0 aromatic heterocycles. The number of rotatable bonds is 7. The topological polar surface area (TPSA) is 46.6 Å². The van der Waals surface area contributed by atoms with Gasteiger partial charge in [0.2, 0.25) is 0 Å². The first kappa shape index (κ1) is 18.7. The first-order valence-corrected chi connectivity index (χ1v) is 8.50. The van der Waals surface area contributed by atoms with Crippen molar-refractivity contribution in [1.29, 1.82) is 0 Å². The lowest BCUT2D eigenvalue weighted by molar-refractivity contribution is -0.133. The molecular weight excluding hydrogens is 314 g/mol. The molecule has 4 heteroatoms. The van der Waals surface area contributed by atoms with Crippen molar-refractivity contribution in [2.75, 3.05) is 13.7 Å². The third-order valence-electron chi connectivity index (χ3n) is 4.38. The lowest BCUT2D eigenvalue weighted by atomic mass is 10.0. The van der Waals surface area contributed by atoms with Crippen LogP contribution in [-0.4, -0.2) is 36.3 Å². The van der Waals surface area contributed by atoms with Crippen LogP contribution in [0.3, 0.4) is 0 Å². The molecule has 0 bridgehead atoms. The Morgan fingerprint density at radius 3 is 2.20 bits per heavy atom. The van der Waals surface area contributed by atoms with Gasteiger partial charge in [-0.25, -0.2) is 0 Å². The fraction of sp³-hybridized carbons (Fsp3) is 0.333. The second-order valence-corrected chi connectivity index (χ2v) is 6.20. The number of likely N-dealkylation sites (N-methyl/N-ethyl adjacent to an activating group) is 1. The van der Waals surface area contributed by atoms with E-state index in [4.69, 9.17) is 4.74 Å². The number of Topliss-reactive ketones (excluding diaryl/α,β-unsaturated/α-hetero) is 1. The van der Waals surface area contributed by atoms with Crippen molar-refractivity contribution in [3.05, 3.63) is 65.2 Å². The van der Waals surface area contributed by atoms with E-state index in [0.717, 1.165) is 12.0 Å². The monoisotopic (exact) mass is 339 g/mol. The lowest BCUT2D eigenvalue weighted by Crippen LogP contribution is -2.42. The molecule has 1 atom stereocenters. The van der Waals surface area contributed by atoms with Gasteiger partial charge in [0, 0.05) is 12.6 Å². The minimum absolute atomic E-state index is 0.0804. The van der Waals surface area contributed by atoms with Gasteiger partial charge in [-0.15, -0.1) is 0 Å². The second-order valence-electron chi connectivity index (χ2n) is 6.20. The summed E-state index contributed by atoms with van der Waals surface area (Å²) >= 11 is 0. The first-order chi connectivity index (χ1) is 11.9. The van der Waals surface area contributed by atoms with Gasteiger partial charge in [0.05, 0.1) is 6.04 Å². The van der Waals surface area contributed by atoms with Gasteiger partial charge in [-0.3, -0.25) is 9.59 Å². The van der Waals surface area contributed by atoms with Crippen LogP contribution in [0.4, 0.5) is 0 Å². The number of hydrogen-bond acceptors (Lipinski definition) is 3. The number of hydrogen-bond donors (Lipinski definition) is 0. The summed E-state index contributed by atoms with van der Waals surface area (Å²) in [6.07, 6.45) is 0.959. The van der Waals surface area contributed by atoms with Crippen molar-refractivity contribution < 1.29 is 14.3 Å². The molecule has 0 aliphatic rings. The number of carbonyl (C=O) groups excluding carboxylic acids is 2. The predicted octanol–water partition coefficient (Wildman–Crippen LogP) is 3.67. The van der Waals surface area contributed by atoms with Crippen LogP contribution in [0, 0.1) is 6.92 Å². The van der Waals surface area contributed by atoms with Crippen molar-refractivity contribution >= 4 is 11.7 Å². The van der Waals surface area contributed by atoms with Gasteiger partial charge in [0.25, 0.3) is 5.91 Å². The Bertz CT molecular complexity index is 720. The number of ketones is 1. The molecule has 0 N–H and O–H groups in total. The molecule has 1 amide bonds. The van der Waals surface area contributed by atoms with Crippen molar-refractivity contribution in [2.45, 2.75) is 33.2 Å². The van der Waals surface area contributed by atoms with E-state index in [-0.39, 0.29) is 18.3 Å². The SMILES string of the molecule is CCc1ccc(OCC(=O)N(C)C(C)C(=O)c2ccc(C)cc2)cc1. The van der Waals surface area contributed by atoms with E-state index in [2.05, 4.69) is 6.92 Å². The predicted molar refractivity (Wildman–Crippen MR) is 99.1 cm³/mol. The highest BCUT2D eigenvalue weighted by atomic mass is 16.5. The van der Waals surface area contributed by atoms with Gasteiger partial charge in [-0.1, -0.05) is 48.9 Å². The fourth-order valence-corrected chi connectivity index (χ4v) is 2.42. The molecular formula is C21H25NO3. The molecule has 4 nitrogen and oxygen atoms in total. The van der Waals surface area contributed by atoms with Gasteiger partial charge < -0.3 is 9.64 Å². The van der Waals surface area contributed by atoms with Crippen LogP contribution in [0.5, 0.6) is 5.75 Å². The molecule has 0 aliphatic carbocycles. The highest BCUT2D eigenvalue weighted by molar-refractivity contribution is 6.01. The Balaban J connectivity index is 1.93. The lowest BCUT2D eigenvalue weighted by Gasteiger charge is -2.24. The highest BCUT2D eigenvalue weighted by Gasteiger charge is 2.23. The summed E-state index contributed by atoms with van der Waals surface area (Å²) in [7, 11) is 1.63. The van der Waals surface area contributed by atoms with Crippen LogP contribution in [0.2, 0.25) is 0 Å². The molecule has 1 unspecified atom stereocenters. The second kappa shape index (κ2) is 8.47. The van der Waals surface area contributed by atoms with E-state index in [1.165, 1.54) is 10.5 Å². The zero-order valence-electron chi connectivity index (χ0n) is 15.3. The van der Waals surface area contributed by atoms with Gasteiger partial charge in [-0.2, -0.15) is 0 Å². The molecule has 132 valence electrons. The van der Waals surface area contributed by atoms with Crippen LogP contribution in [0.1, 0.15) is 35.3 Å². The Labute approximate surface area is 149 Å². The van der Waals surface area contributed by atoms with E-state index in [9.17, 15) is 9.59 Å². The largest absolute Gasteiger partial charge is 0.484 e. The van der Waals surface area contributed by atoms with Crippen LogP contribution in [0.15, 0.2) is 48.5 Å². The summed E-state index contributed by atoms with van der Waals surface area (Å²) in [6.45, 7) is 5.70. The summed E-state index contributed by atoms with van der Waals surface area (Å²) in [5.41, 5.74) is 2.91. The fourth-order valence-electron chi connectivity index (χ4n) is 2.42. The number of aryl methyl sites for hydroxylation is 2. The van der Waals surface area contributed by atoms with E-state index in [1.54, 1.807) is 26.1 Å². The quantitative estimate of drug-likeness (QED) is 0.723. The highest BCUT2D eigenvalue weighted by Crippen LogP contribution is 2.14. The summed E-state index contributed by atoms with van der Waals surface area (Å²) in [4.78, 5) is 26.3. The average Bonchev–Trinajstić information content (AvgIpc) is 2.65. The van der Waals surface area contributed by atoms with E-state index < -0.39 is 6.04 Å². The number of benzene rings is 2. The Morgan fingerprint density at radius 1 is 1.04 bits per heavy atom. The molecule has 0 fully saturated rings. The number of ether oxygens (including phenoxy) is 1. The average molecular weight is 339 g/mol. The molecule has 0 heterocycles. The Hall–Kier alpha value is -2.62. The Kier molecular flexibility index (Phi) is 6.34. The normalized spacial score (nSPS) is 11.7. The third-order valence-corrected chi connectivity index (χ3v) is 4.38. The minimum atomic E-state index is -0.540. The number of nitrogens with zero attached hydrogens (tertiary/aromatic N) is 1. The van der Waals surface area contributed by atoms with E-state index in [1.807, 2.05) is 43.3 Å². The maximum absolute atomic E-state index is 12.5. The van der Waals surface area contributed by atoms with Crippen LogP contribution in [-0.2, 0) is 11.2 Å². The van der Waals surface area contributed by atoms with Crippen LogP contribution < -0.4 is 4.74 Å². The standard InChI is InChI=1S/C21H25NO3/c1-5-17-8-12-19(13-9-17)25-14-20(23)22(4)16(3)21(24)18-10-6-15(2)7-11-18/h6-13,16H,5,14H2,1-4H3. The van der Waals surface area contributed by atoms with E-state index >= 15 is 0 Å². The maximum atomic E-state index is 12.5. The first-order valence-electron chi connectivity index (χ1n) is 8.50. The van der Waals surface area contributed by atoms with Crippen molar-refractivity contribution in [3.8, 4) is 5.75 Å². The summed E-state index contributed by atoms with van der Waals surface area (Å²) in [6, 6.07) is 14.5. The van der Waals surface area contributed by atoms with Crippen molar-refractivity contribution in [2.24, 2.45) is 0 Å². The number of carbonyl (C=O) groups is 2.